The van der Waals surface area contributed by atoms with Gasteiger partial charge in [0.15, 0.2) is 0 Å². The number of amides is 3. The minimum absolute atomic E-state index is 0.479. The maximum absolute atomic E-state index is 12.6. The maximum Gasteiger partial charge on any atom is 0.446 e. The molecule has 1 aliphatic heterocycles. The summed E-state index contributed by atoms with van der Waals surface area (Å²) in [4.78, 5) is 23.7. The first-order chi connectivity index (χ1) is 8.27. The van der Waals surface area contributed by atoms with Crippen LogP contribution in [0.2, 0.25) is 0 Å². The van der Waals surface area contributed by atoms with Crippen molar-refractivity contribution in [1.82, 2.24) is 10.2 Å². The largest absolute Gasteiger partial charge is 0.446 e. The Morgan fingerprint density at radius 1 is 1.22 bits per heavy atom. The van der Waals surface area contributed by atoms with Gasteiger partial charge in [0.2, 0.25) is 0 Å². The van der Waals surface area contributed by atoms with Crippen LogP contribution in [0.1, 0.15) is 32.1 Å². The first kappa shape index (κ1) is 13.1. The van der Waals surface area contributed by atoms with Crippen LogP contribution in [0.25, 0.3) is 0 Å². The van der Waals surface area contributed by atoms with Gasteiger partial charge in [0.1, 0.15) is 0 Å². The third kappa shape index (κ3) is 1.84. The zero-order valence-corrected chi connectivity index (χ0v) is 9.46. The van der Waals surface area contributed by atoms with Crippen LogP contribution >= 0.6 is 0 Å². The molecule has 18 heavy (non-hydrogen) atoms. The number of hydrogen-bond acceptors (Lipinski definition) is 3. The summed E-state index contributed by atoms with van der Waals surface area (Å²) in [6, 6.07) is -1.73. The molecule has 0 bridgehead atoms. The van der Waals surface area contributed by atoms with E-state index in [2.05, 4.69) is 0 Å². The highest BCUT2D eigenvalue weighted by Crippen LogP contribution is 2.36. The molecule has 0 unspecified atom stereocenters. The quantitative estimate of drug-likeness (QED) is 0.699. The van der Waals surface area contributed by atoms with Crippen molar-refractivity contribution in [2.75, 3.05) is 0 Å². The van der Waals surface area contributed by atoms with Gasteiger partial charge in [-0.2, -0.15) is 13.2 Å². The van der Waals surface area contributed by atoms with E-state index < -0.39 is 29.9 Å². The first-order valence-electron chi connectivity index (χ1n) is 5.72. The molecule has 1 aliphatic carbocycles. The molecule has 8 heteroatoms. The third-order valence-corrected chi connectivity index (χ3v) is 3.39. The average Bonchev–Trinajstić information content (AvgIpc) is 2.51. The zero-order chi connectivity index (χ0) is 13.6. The number of halogens is 3. The van der Waals surface area contributed by atoms with E-state index >= 15 is 0 Å². The molecule has 0 spiro atoms. The van der Waals surface area contributed by atoms with Crippen molar-refractivity contribution in [2.24, 2.45) is 0 Å². The van der Waals surface area contributed by atoms with Gasteiger partial charge >= 0.3 is 17.9 Å². The normalized spacial score (nSPS) is 30.8. The summed E-state index contributed by atoms with van der Waals surface area (Å²) in [5.41, 5.74) is -3.78. The van der Waals surface area contributed by atoms with E-state index in [0.29, 0.717) is 17.7 Å². The highest BCUT2D eigenvalue weighted by Gasteiger charge is 2.68. The topological polar surface area (TPSA) is 69.6 Å². The molecule has 2 fully saturated rings. The predicted molar refractivity (Wildman–Crippen MR) is 53.3 cm³/mol. The van der Waals surface area contributed by atoms with Gasteiger partial charge in [-0.05, 0) is 12.8 Å². The van der Waals surface area contributed by atoms with E-state index in [9.17, 15) is 27.9 Å². The van der Waals surface area contributed by atoms with E-state index in [-0.39, 0.29) is 0 Å². The smallest absolute Gasteiger partial charge is 0.356 e. The third-order valence-electron chi connectivity index (χ3n) is 3.39. The molecule has 0 aromatic rings. The Bertz CT molecular complexity index is 379. The van der Waals surface area contributed by atoms with Crippen LogP contribution in [-0.4, -0.2) is 39.9 Å². The summed E-state index contributed by atoms with van der Waals surface area (Å²) in [6.07, 6.45) is -1.81. The minimum atomic E-state index is -5.22. The van der Waals surface area contributed by atoms with E-state index in [1.807, 2.05) is 0 Å². The summed E-state index contributed by atoms with van der Waals surface area (Å²) in [7, 11) is 0. The van der Waals surface area contributed by atoms with Crippen molar-refractivity contribution in [3.8, 4) is 0 Å². The second kappa shape index (κ2) is 4.11. The number of rotatable bonds is 1. The lowest BCUT2D eigenvalue weighted by molar-refractivity contribution is -0.255. The van der Waals surface area contributed by atoms with Crippen LogP contribution in [0.5, 0.6) is 0 Å². The number of alkyl halides is 3. The molecule has 1 saturated heterocycles. The maximum atomic E-state index is 12.6. The lowest BCUT2D eigenvalue weighted by Gasteiger charge is -2.29. The number of carbonyl (C=O) groups excluding carboxylic acids is 2. The Balaban J connectivity index is 2.24. The summed E-state index contributed by atoms with van der Waals surface area (Å²) in [5, 5.41) is 10.7. The van der Waals surface area contributed by atoms with Crippen molar-refractivity contribution in [1.29, 1.82) is 0 Å². The van der Waals surface area contributed by atoms with Gasteiger partial charge in [-0.25, -0.2) is 4.79 Å². The zero-order valence-electron chi connectivity index (χ0n) is 9.46. The van der Waals surface area contributed by atoms with Crippen LogP contribution in [0.3, 0.4) is 0 Å². The van der Waals surface area contributed by atoms with Gasteiger partial charge in [-0.15, -0.1) is 0 Å². The number of hydrogen-bond donors (Lipinski definition) is 2. The molecule has 102 valence electrons. The van der Waals surface area contributed by atoms with Crippen molar-refractivity contribution in [3.63, 3.8) is 0 Å². The fourth-order valence-corrected chi connectivity index (χ4v) is 2.40. The Kier molecular flexibility index (Phi) is 3.00. The lowest BCUT2D eigenvalue weighted by atomic mass is 9.94. The fourth-order valence-electron chi connectivity index (χ4n) is 2.40. The molecule has 2 N–H and O–H groups in total. The SMILES string of the molecule is O=C1N[C@](O)(C(F)(F)F)C(=O)N1C1CCCCC1. The number of nitrogens with zero attached hydrogens (tertiary/aromatic N) is 1. The van der Waals surface area contributed by atoms with Gasteiger partial charge in [0.05, 0.1) is 0 Å². The van der Waals surface area contributed by atoms with Gasteiger partial charge in [-0.3, -0.25) is 15.0 Å². The van der Waals surface area contributed by atoms with Crippen molar-refractivity contribution < 1.29 is 27.9 Å². The number of urea groups is 1. The van der Waals surface area contributed by atoms with Crippen LogP contribution in [-0.2, 0) is 4.79 Å². The molecule has 0 aromatic heterocycles. The Morgan fingerprint density at radius 2 is 1.78 bits per heavy atom. The summed E-state index contributed by atoms with van der Waals surface area (Å²) >= 11 is 0. The Morgan fingerprint density at radius 3 is 2.22 bits per heavy atom. The van der Waals surface area contributed by atoms with E-state index in [1.54, 1.807) is 0 Å². The van der Waals surface area contributed by atoms with Gasteiger partial charge in [0, 0.05) is 6.04 Å². The molecule has 0 radical (unpaired) electrons. The van der Waals surface area contributed by atoms with E-state index in [4.69, 9.17) is 0 Å². The molecule has 3 amide bonds. The number of carbonyl (C=O) groups is 2. The number of aliphatic hydroxyl groups is 1. The van der Waals surface area contributed by atoms with Gasteiger partial charge < -0.3 is 5.11 Å². The van der Waals surface area contributed by atoms with Gasteiger partial charge in [-0.1, -0.05) is 19.3 Å². The average molecular weight is 266 g/mol. The molecule has 2 aliphatic rings. The molecule has 1 saturated carbocycles. The van der Waals surface area contributed by atoms with Crippen molar-refractivity contribution in [2.45, 2.75) is 50.0 Å². The molecular formula is C10H13F3N2O3. The van der Waals surface area contributed by atoms with Crippen LogP contribution < -0.4 is 5.32 Å². The summed E-state index contributed by atoms with van der Waals surface area (Å²) in [5.74, 6) is -1.62. The molecule has 1 heterocycles. The number of imide groups is 1. The minimum Gasteiger partial charge on any atom is -0.356 e. The number of nitrogens with one attached hydrogen (secondary N) is 1. The Hall–Kier alpha value is -1.31. The lowest BCUT2D eigenvalue weighted by Crippen LogP contribution is -2.59. The highest BCUT2D eigenvalue weighted by molar-refractivity contribution is 6.06. The second-order valence-electron chi connectivity index (χ2n) is 4.61. The molecule has 0 aromatic carbocycles. The van der Waals surface area contributed by atoms with E-state index in [0.717, 1.165) is 19.3 Å². The molecule has 2 rings (SSSR count). The van der Waals surface area contributed by atoms with Gasteiger partial charge in [0.25, 0.3) is 5.91 Å². The van der Waals surface area contributed by atoms with Crippen LogP contribution in [0.4, 0.5) is 18.0 Å². The second-order valence-corrected chi connectivity index (χ2v) is 4.61. The van der Waals surface area contributed by atoms with E-state index in [1.165, 1.54) is 5.32 Å². The summed E-state index contributed by atoms with van der Waals surface area (Å²) < 4.78 is 37.8. The fraction of sp³-hybridized carbons (Fsp3) is 0.800. The van der Waals surface area contributed by atoms with Crippen LogP contribution in [0, 0.1) is 0 Å². The Labute approximate surface area is 101 Å². The van der Waals surface area contributed by atoms with Crippen molar-refractivity contribution in [3.05, 3.63) is 0 Å². The first-order valence-corrected chi connectivity index (χ1v) is 5.72. The molecular weight excluding hydrogens is 253 g/mol. The van der Waals surface area contributed by atoms with Crippen molar-refractivity contribution >= 4 is 11.9 Å². The molecule has 1 atom stereocenters. The summed E-state index contributed by atoms with van der Waals surface area (Å²) in [6.45, 7) is 0. The monoisotopic (exact) mass is 266 g/mol. The predicted octanol–water partition coefficient (Wildman–Crippen LogP) is 1.12. The molecule has 5 nitrogen and oxygen atoms in total. The standard InChI is InChI=1S/C10H13F3N2O3/c11-10(12,13)9(18)7(16)15(8(17)14-9)6-4-2-1-3-5-6/h6,18H,1-5H2,(H,14,17)/t9-/m1/s1. The highest BCUT2D eigenvalue weighted by atomic mass is 19.4. The van der Waals surface area contributed by atoms with Crippen LogP contribution in [0.15, 0.2) is 0 Å².